The number of benzene rings is 3. The number of hydrogen-bond donors (Lipinski definition) is 1. The van der Waals surface area contributed by atoms with E-state index in [0.717, 1.165) is 20.1 Å². The van der Waals surface area contributed by atoms with E-state index in [0.29, 0.717) is 15.8 Å². The largest absolute Gasteiger partial charge is 0.423 e. The van der Waals surface area contributed by atoms with E-state index < -0.39 is 5.97 Å². The summed E-state index contributed by atoms with van der Waals surface area (Å²) < 4.78 is 8.00. The minimum Gasteiger partial charge on any atom is -0.423 e. The number of carbonyl (C=O) groups is 2. The van der Waals surface area contributed by atoms with Gasteiger partial charge in [-0.2, -0.15) is 5.10 Å². The number of carbonyl (C=O) groups excluding carboxylic acids is 2. The molecule has 1 heterocycles. The van der Waals surface area contributed by atoms with Crippen molar-refractivity contribution in [1.82, 2.24) is 10.4 Å². The molecule has 3 aromatic carbocycles. The number of rotatable bonds is 7. The third kappa shape index (κ3) is 5.82. The smallest absolute Gasteiger partial charge is 0.344 e. The first-order chi connectivity index (χ1) is 15.6. The van der Waals surface area contributed by atoms with Crippen LogP contribution in [0, 0.1) is 0 Å². The van der Waals surface area contributed by atoms with E-state index in [9.17, 15) is 9.59 Å². The molecule has 0 unspecified atom stereocenters. The first-order valence-corrected chi connectivity index (χ1v) is 12.0. The lowest BCUT2D eigenvalue weighted by atomic mass is 10.2. The minimum absolute atomic E-state index is 0.218. The summed E-state index contributed by atoms with van der Waals surface area (Å²) in [6.45, 7) is 0. The number of thioether (sulfide) groups is 1. The maximum atomic E-state index is 12.2. The van der Waals surface area contributed by atoms with Gasteiger partial charge in [0, 0.05) is 4.47 Å². The van der Waals surface area contributed by atoms with Crippen LogP contribution in [0.4, 0.5) is 0 Å². The lowest BCUT2D eigenvalue weighted by Crippen LogP contribution is -2.19. The van der Waals surface area contributed by atoms with Crippen LogP contribution in [-0.4, -0.2) is 28.8 Å². The molecule has 0 atom stereocenters. The number of para-hydroxylation sites is 1. The van der Waals surface area contributed by atoms with E-state index in [4.69, 9.17) is 4.74 Å². The van der Waals surface area contributed by atoms with Crippen molar-refractivity contribution in [1.29, 1.82) is 0 Å². The monoisotopic (exact) mass is 525 g/mol. The first-order valence-electron chi connectivity index (χ1n) is 9.45. The Morgan fingerprint density at radius 2 is 1.81 bits per heavy atom. The number of halogens is 1. The Morgan fingerprint density at radius 3 is 2.59 bits per heavy atom. The van der Waals surface area contributed by atoms with Crippen molar-refractivity contribution in [2.75, 3.05) is 5.75 Å². The highest BCUT2D eigenvalue weighted by Crippen LogP contribution is 2.29. The third-order valence-electron chi connectivity index (χ3n) is 4.19. The van der Waals surface area contributed by atoms with E-state index in [-0.39, 0.29) is 11.7 Å². The van der Waals surface area contributed by atoms with E-state index in [1.165, 1.54) is 18.0 Å². The zero-order chi connectivity index (χ0) is 22.3. The molecule has 32 heavy (non-hydrogen) atoms. The molecule has 160 valence electrons. The molecule has 0 aliphatic heterocycles. The molecule has 0 bridgehead atoms. The van der Waals surface area contributed by atoms with Crippen molar-refractivity contribution in [3.63, 3.8) is 0 Å². The zero-order valence-corrected chi connectivity index (χ0v) is 19.7. The highest BCUT2D eigenvalue weighted by Gasteiger charge is 2.11. The van der Waals surface area contributed by atoms with Crippen LogP contribution in [0.1, 0.15) is 15.9 Å². The maximum absolute atomic E-state index is 12.2. The van der Waals surface area contributed by atoms with E-state index >= 15 is 0 Å². The zero-order valence-electron chi connectivity index (χ0n) is 16.5. The van der Waals surface area contributed by atoms with Crippen molar-refractivity contribution >= 4 is 67.3 Å². The molecule has 0 saturated heterocycles. The molecule has 1 aromatic heterocycles. The van der Waals surface area contributed by atoms with Gasteiger partial charge in [0.2, 0.25) is 0 Å². The van der Waals surface area contributed by atoms with Gasteiger partial charge in [-0.3, -0.25) is 4.79 Å². The Bertz CT molecular complexity index is 1260. The van der Waals surface area contributed by atoms with Gasteiger partial charge in [0.25, 0.3) is 5.91 Å². The average Bonchev–Trinajstić information content (AvgIpc) is 3.22. The van der Waals surface area contributed by atoms with Gasteiger partial charge in [0.1, 0.15) is 5.75 Å². The molecule has 0 saturated carbocycles. The maximum Gasteiger partial charge on any atom is 0.344 e. The second-order valence-electron chi connectivity index (χ2n) is 6.47. The number of fused-ring (bicyclic) bond motifs is 1. The number of thiazole rings is 1. The van der Waals surface area contributed by atoms with Crippen molar-refractivity contribution in [2.45, 2.75) is 4.34 Å². The van der Waals surface area contributed by atoms with Gasteiger partial charge in [-0.1, -0.05) is 36.0 Å². The number of ether oxygens (including phenoxy) is 1. The lowest BCUT2D eigenvalue weighted by Gasteiger charge is -2.06. The number of hydrazone groups is 1. The van der Waals surface area contributed by atoms with Crippen LogP contribution in [0.5, 0.6) is 5.75 Å². The van der Waals surface area contributed by atoms with Gasteiger partial charge in [-0.05, 0) is 70.0 Å². The van der Waals surface area contributed by atoms with Gasteiger partial charge >= 0.3 is 5.97 Å². The van der Waals surface area contributed by atoms with Gasteiger partial charge in [-0.15, -0.1) is 11.3 Å². The van der Waals surface area contributed by atoms with Crippen molar-refractivity contribution in [3.8, 4) is 5.75 Å². The normalized spacial score (nSPS) is 11.0. The number of amides is 1. The van der Waals surface area contributed by atoms with Crippen LogP contribution in [0.15, 0.2) is 86.7 Å². The van der Waals surface area contributed by atoms with Gasteiger partial charge in [0.05, 0.1) is 27.7 Å². The molecule has 0 aliphatic carbocycles. The van der Waals surface area contributed by atoms with E-state index in [1.807, 2.05) is 30.3 Å². The molecule has 9 heteroatoms. The molecule has 0 radical (unpaired) electrons. The second-order valence-corrected chi connectivity index (χ2v) is 9.58. The van der Waals surface area contributed by atoms with E-state index in [1.54, 1.807) is 53.8 Å². The summed E-state index contributed by atoms with van der Waals surface area (Å²) in [5, 5.41) is 3.98. The predicted octanol–water partition coefficient (Wildman–Crippen LogP) is 5.52. The van der Waals surface area contributed by atoms with Crippen LogP contribution >= 0.6 is 39.0 Å². The van der Waals surface area contributed by atoms with Crippen molar-refractivity contribution < 1.29 is 14.3 Å². The number of aromatic nitrogens is 1. The second kappa shape index (κ2) is 10.5. The molecule has 4 rings (SSSR count). The Kier molecular flexibility index (Phi) is 7.31. The van der Waals surface area contributed by atoms with Crippen molar-refractivity contribution in [3.05, 3.63) is 88.4 Å². The molecular weight excluding hydrogens is 510 g/mol. The Labute approximate surface area is 200 Å². The molecule has 0 fully saturated rings. The SMILES string of the molecule is O=C(CSc1nc2ccccc2s1)N/N=C\c1ccc(OC(=O)c2ccccc2Br)cc1. The molecule has 4 aromatic rings. The Morgan fingerprint density at radius 1 is 1.06 bits per heavy atom. The lowest BCUT2D eigenvalue weighted by molar-refractivity contribution is -0.118. The number of esters is 1. The van der Waals surface area contributed by atoms with Crippen LogP contribution in [-0.2, 0) is 4.79 Å². The summed E-state index contributed by atoms with van der Waals surface area (Å²) >= 11 is 6.27. The summed E-state index contributed by atoms with van der Waals surface area (Å²) in [5.41, 5.74) is 4.64. The van der Waals surface area contributed by atoms with Crippen LogP contribution in [0.25, 0.3) is 10.2 Å². The quantitative estimate of drug-likeness (QED) is 0.113. The summed E-state index contributed by atoms with van der Waals surface area (Å²) in [6.07, 6.45) is 1.53. The van der Waals surface area contributed by atoms with E-state index in [2.05, 4.69) is 31.4 Å². The Balaban J connectivity index is 1.25. The summed E-state index contributed by atoms with van der Waals surface area (Å²) in [5.74, 6) is -0.0263. The average molecular weight is 526 g/mol. The molecule has 6 nitrogen and oxygen atoms in total. The third-order valence-corrected chi connectivity index (χ3v) is 7.06. The van der Waals surface area contributed by atoms with Crippen LogP contribution in [0.2, 0.25) is 0 Å². The summed E-state index contributed by atoms with van der Waals surface area (Å²) in [6, 6.07) is 21.8. The van der Waals surface area contributed by atoms with Crippen LogP contribution in [0.3, 0.4) is 0 Å². The fraction of sp³-hybridized carbons (Fsp3) is 0.0435. The number of nitrogens with one attached hydrogen (secondary N) is 1. The standard InChI is InChI=1S/C23H16BrN3O3S2/c24-18-6-2-1-5-17(18)22(29)30-16-11-9-15(10-12-16)13-25-27-21(28)14-31-23-26-19-7-3-4-8-20(19)32-23/h1-13H,14H2,(H,27,28)/b25-13-. The molecule has 1 amide bonds. The highest BCUT2D eigenvalue weighted by atomic mass is 79.9. The van der Waals surface area contributed by atoms with Crippen LogP contribution < -0.4 is 10.2 Å². The fourth-order valence-corrected chi connectivity index (χ4v) is 4.97. The minimum atomic E-state index is -0.447. The molecule has 0 aliphatic rings. The van der Waals surface area contributed by atoms with Gasteiger partial charge < -0.3 is 4.74 Å². The topological polar surface area (TPSA) is 80.7 Å². The van der Waals surface area contributed by atoms with Crippen molar-refractivity contribution in [2.24, 2.45) is 5.10 Å². The molecule has 1 N–H and O–H groups in total. The Hall–Kier alpha value is -3.01. The summed E-state index contributed by atoms with van der Waals surface area (Å²) in [7, 11) is 0. The molecule has 0 spiro atoms. The number of nitrogens with zero attached hydrogens (tertiary/aromatic N) is 2. The van der Waals surface area contributed by atoms with Gasteiger partial charge in [0.15, 0.2) is 4.34 Å². The number of hydrogen-bond acceptors (Lipinski definition) is 7. The highest BCUT2D eigenvalue weighted by molar-refractivity contribution is 9.10. The summed E-state index contributed by atoms with van der Waals surface area (Å²) in [4.78, 5) is 28.8. The molecular formula is C23H16BrN3O3S2. The predicted molar refractivity (Wildman–Crippen MR) is 132 cm³/mol. The fourth-order valence-electron chi connectivity index (χ4n) is 2.66. The van der Waals surface area contributed by atoms with Gasteiger partial charge in [-0.25, -0.2) is 15.2 Å². The first kappa shape index (κ1) is 22.2.